The lowest BCUT2D eigenvalue weighted by atomic mass is 10.0. The van der Waals surface area contributed by atoms with Crippen LogP contribution in [0.1, 0.15) is 11.1 Å². The van der Waals surface area contributed by atoms with Gasteiger partial charge in [0.05, 0.1) is 6.54 Å². The van der Waals surface area contributed by atoms with Crippen molar-refractivity contribution >= 4 is 10.2 Å². The first-order chi connectivity index (χ1) is 12.5. The molecule has 0 amide bonds. The van der Waals surface area contributed by atoms with E-state index >= 15 is 0 Å². The van der Waals surface area contributed by atoms with Gasteiger partial charge in [-0.25, -0.2) is 0 Å². The van der Waals surface area contributed by atoms with Crippen molar-refractivity contribution in [1.82, 2.24) is 8.61 Å². The van der Waals surface area contributed by atoms with Gasteiger partial charge in [0.2, 0.25) is 0 Å². The number of rotatable bonds is 4. The molecule has 0 bridgehead atoms. The second-order valence-corrected chi connectivity index (χ2v) is 8.67. The molecule has 0 aromatic heterocycles. The van der Waals surface area contributed by atoms with Gasteiger partial charge < -0.3 is 9.47 Å². The van der Waals surface area contributed by atoms with Gasteiger partial charge in [-0.2, -0.15) is 17.0 Å². The molecule has 2 aliphatic heterocycles. The van der Waals surface area contributed by atoms with E-state index in [0.29, 0.717) is 31.2 Å². The molecule has 0 N–H and O–H groups in total. The van der Waals surface area contributed by atoms with Gasteiger partial charge in [0.1, 0.15) is 12.7 Å². The molecule has 1 atom stereocenters. The van der Waals surface area contributed by atoms with E-state index in [-0.39, 0.29) is 12.6 Å². The van der Waals surface area contributed by atoms with Crippen molar-refractivity contribution in [3.05, 3.63) is 59.7 Å². The average molecular weight is 374 g/mol. The second-order valence-electron chi connectivity index (χ2n) is 6.64. The Kier molecular flexibility index (Phi) is 4.60. The number of likely N-dealkylation sites (N-methyl/N-ethyl adjacent to an activating group) is 1. The largest absolute Gasteiger partial charge is 0.486 e. The molecule has 2 aliphatic rings. The Bertz CT molecular complexity index is 900. The number of nitrogens with zero attached hydrogens (tertiary/aromatic N) is 2. The van der Waals surface area contributed by atoms with Crippen LogP contribution in [-0.4, -0.2) is 49.9 Å². The highest BCUT2D eigenvalue weighted by atomic mass is 32.2. The summed E-state index contributed by atoms with van der Waals surface area (Å²) >= 11 is 0. The molecule has 4 rings (SSSR count). The van der Waals surface area contributed by atoms with E-state index in [1.807, 2.05) is 42.5 Å². The van der Waals surface area contributed by atoms with Crippen LogP contribution in [0.15, 0.2) is 48.5 Å². The van der Waals surface area contributed by atoms with E-state index in [1.54, 1.807) is 7.05 Å². The van der Waals surface area contributed by atoms with Gasteiger partial charge >= 0.3 is 0 Å². The van der Waals surface area contributed by atoms with Crippen LogP contribution < -0.4 is 9.47 Å². The van der Waals surface area contributed by atoms with Crippen LogP contribution in [0.2, 0.25) is 0 Å². The van der Waals surface area contributed by atoms with Crippen molar-refractivity contribution in [2.24, 2.45) is 0 Å². The first kappa shape index (κ1) is 17.3. The van der Waals surface area contributed by atoms with Crippen LogP contribution in [0.3, 0.4) is 0 Å². The Hall–Kier alpha value is -2.09. The number of para-hydroxylation sites is 2. The van der Waals surface area contributed by atoms with Crippen molar-refractivity contribution in [3.8, 4) is 11.5 Å². The Balaban J connectivity index is 1.44. The number of hydrogen-bond donors (Lipinski definition) is 0. The smallest absolute Gasteiger partial charge is 0.282 e. The zero-order chi connectivity index (χ0) is 18.1. The van der Waals surface area contributed by atoms with Crippen molar-refractivity contribution in [2.75, 3.05) is 26.7 Å². The third kappa shape index (κ3) is 3.30. The lowest BCUT2D eigenvalue weighted by Crippen LogP contribution is -2.48. The van der Waals surface area contributed by atoms with Crippen LogP contribution >= 0.6 is 0 Å². The van der Waals surface area contributed by atoms with Gasteiger partial charge in [-0.05, 0) is 29.7 Å². The lowest BCUT2D eigenvalue weighted by molar-refractivity contribution is 0.0786. The predicted octanol–water partition coefficient (Wildman–Crippen LogP) is 2.06. The average Bonchev–Trinajstić information content (AvgIpc) is 2.67. The van der Waals surface area contributed by atoms with Crippen LogP contribution in [-0.2, 0) is 23.2 Å². The molecule has 0 unspecified atom stereocenters. The molecule has 26 heavy (non-hydrogen) atoms. The van der Waals surface area contributed by atoms with Gasteiger partial charge in [0, 0.05) is 20.1 Å². The van der Waals surface area contributed by atoms with E-state index in [0.717, 1.165) is 12.0 Å². The highest BCUT2D eigenvalue weighted by Crippen LogP contribution is 2.31. The normalized spacial score (nSPS) is 20.0. The van der Waals surface area contributed by atoms with Crippen molar-refractivity contribution in [3.63, 3.8) is 0 Å². The molecular formula is C19H22N2O4S. The zero-order valence-corrected chi connectivity index (χ0v) is 15.5. The summed E-state index contributed by atoms with van der Waals surface area (Å²) in [5, 5.41) is 0. The van der Waals surface area contributed by atoms with Gasteiger partial charge in [0.25, 0.3) is 10.2 Å². The summed E-state index contributed by atoms with van der Waals surface area (Å²) in [5.74, 6) is 1.35. The first-order valence-corrected chi connectivity index (χ1v) is 10.1. The Morgan fingerprint density at radius 1 is 1.08 bits per heavy atom. The molecule has 2 aromatic carbocycles. The van der Waals surface area contributed by atoms with Crippen LogP contribution in [0, 0.1) is 0 Å². The van der Waals surface area contributed by atoms with Gasteiger partial charge in [-0.3, -0.25) is 0 Å². The standard InChI is InChI=1S/C19H22N2O4S/c1-20(13-17-14-24-18-8-4-5-9-19(18)25-17)26(22,23)21-11-10-15-6-2-3-7-16(15)12-21/h2-9,17H,10-14H2,1H3/t17-/m1/s1. The lowest BCUT2D eigenvalue weighted by Gasteiger charge is -2.34. The molecule has 0 fully saturated rings. The second kappa shape index (κ2) is 6.90. The predicted molar refractivity (Wildman–Crippen MR) is 98.5 cm³/mol. The van der Waals surface area contributed by atoms with E-state index in [1.165, 1.54) is 14.2 Å². The molecular weight excluding hydrogens is 352 g/mol. The van der Waals surface area contributed by atoms with Crippen LogP contribution in [0.25, 0.3) is 0 Å². The van der Waals surface area contributed by atoms with Crippen LogP contribution in [0.4, 0.5) is 0 Å². The molecule has 0 saturated carbocycles. The maximum atomic E-state index is 13.0. The minimum atomic E-state index is -3.55. The molecule has 2 aromatic rings. The number of benzene rings is 2. The number of fused-ring (bicyclic) bond motifs is 2. The molecule has 0 aliphatic carbocycles. The molecule has 0 spiro atoms. The van der Waals surface area contributed by atoms with Crippen LogP contribution in [0.5, 0.6) is 11.5 Å². The van der Waals surface area contributed by atoms with E-state index in [2.05, 4.69) is 6.07 Å². The molecule has 6 nitrogen and oxygen atoms in total. The molecule has 7 heteroatoms. The summed E-state index contributed by atoms with van der Waals surface area (Å²) in [5.41, 5.74) is 2.30. The fourth-order valence-corrected chi connectivity index (χ4v) is 4.77. The first-order valence-electron chi connectivity index (χ1n) is 8.71. The van der Waals surface area contributed by atoms with E-state index in [4.69, 9.17) is 9.47 Å². The number of hydrogen-bond acceptors (Lipinski definition) is 4. The molecule has 0 radical (unpaired) electrons. The highest BCUT2D eigenvalue weighted by molar-refractivity contribution is 7.86. The van der Waals surface area contributed by atoms with E-state index < -0.39 is 10.2 Å². The Labute approximate surface area is 154 Å². The fraction of sp³-hybridized carbons (Fsp3) is 0.368. The molecule has 0 saturated heterocycles. The monoisotopic (exact) mass is 374 g/mol. The summed E-state index contributed by atoms with van der Waals surface area (Å²) in [6.45, 7) is 1.48. The molecule has 138 valence electrons. The quantitative estimate of drug-likeness (QED) is 0.822. The summed E-state index contributed by atoms with van der Waals surface area (Å²) < 4.78 is 40.4. The van der Waals surface area contributed by atoms with Crippen molar-refractivity contribution in [2.45, 2.75) is 19.1 Å². The maximum absolute atomic E-state index is 13.0. The highest BCUT2D eigenvalue weighted by Gasteiger charge is 2.33. The maximum Gasteiger partial charge on any atom is 0.282 e. The fourth-order valence-electron chi connectivity index (χ4n) is 3.40. The summed E-state index contributed by atoms with van der Waals surface area (Å²) in [4.78, 5) is 0. The number of ether oxygens (including phenoxy) is 2. The zero-order valence-electron chi connectivity index (χ0n) is 14.7. The van der Waals surface area contributed by atoms with Crippen molar-refractivity contribution in [1.29, 1.82) is 0 Å². The Morgan fingerprint density at radius 2 is 1.77 bits per heavy atom. The Morgan fingerprint density at radius 3 is 2.58 bits per heavy atom. The summed E-state index contributed by atoms with van der Waals surface area (Å²) in [6.07, 6.45) is 0.404. The van der Waals surface area contributed by atoms with Crippen molar-refractivity contribution < 1.29 is 17.9 Å². The SMILES string of the molecule is CN(C[C@@H]1COc2ccccc2O1)S(=O)(=O)N1CCc2ccccc2C1. The molecule has 2 heterocycles. The van der Waals surface area contributed by atoms with E-state index in [9.17, 15) is 8.42 Å². The summed E-state index contributed by atoms with van der Waals surface area (Å²) in [6, 6.07) is 15.4. The van der Waals surface area contributed by atoms with Gasteiger partial charge in [0.15, 0.2) is 11.5 Å². The van der Waals surface area contributed by atoms with Gasteiger partial charge in [-0.1, -0.05) is 36.4 Å². The third-order valence-electron chi connectivity index (χ3n) is 4.84. The third-order valence-corrected chi connectivity index (χ3v) is 6.75. The topological polar surface area (TPSA) is 59.1 Å². The summed E-state index contributed by atoms with van der Waals surface area (Å²) in [7, 11) is -1.95. The minimum Gasteiger partial charge on any atom is -0.486 e. The minimum absolute atomic E-state index is 0.245. The van der Waals surface area contributed by atoms with Gasteiger partial charge in [-0.15, -0.1) is 0 Å².